The number of benzene rings is 1. The van der Waals surface area contributed by atoms with E-state index >= 15 is 0 Å². The van der Waals surface area contributed by atoms with Crippen molar-refractivity contribution in [1.82, 2.24) is 5.32 Å². The molecule has 0 radical (unpaired) electrons. The lowest BCUT2D eigenvalue weighted by Gasteiger charge is -2.20. The summed E-state index contributed by atoms with van der Waals surface area (Å²) < 4.78 is 10.5. The third kappa shape index (κ3) is 6.72. The zero-order valence-corrected chi connectivity index (χ0v) is 14.6. The van der Waals surface area contributed by atoms with Crippen molar-refractivity contribution in [3.05, 3.63) is 29.8 Å². The van der Waals surface area contributed by atoms with Crippen molar-refractivity contribution in [3.63, 3.8) is 0 Å². The Bertz CT molecular complexity index is 517. The lowest BCUT2D eigenvalue weighted by atomic mass is 9.87. The third-order valence-corrected chi connectivity index (χ3v) is 3.28. The highest BCUT2D eigenvalue weighted by atomic mass is 16.6. The van der Waals surface area contributed by atoms with Gasteiger partial charge in [0.1, 0.15) is 5.75 Å². The van der Waals surface area contributed by atoms with Gasteiger partial charge in [0.2, 0.25) is 0 Å². The average molecular weight is 321 g/mol. The van der Waals surface area contributed by atoms with Crippen LogP contribution >= 0.6 is 0 Å². The summed E-state index contributed by atoms with van der Waals surface area (Å²) in [7, 11) is 0. The maximum absolute atomic E-state index is 11.8. The zero-order chi connectivity index (χ0) is 17.5. The molecule has 1 atom stereocenters. The first kappa shape index (κ1) is 19.0. The summed E-state index contributed by atoms with van der Waals surface area (Å²) in [6, 6.07) is 7.62. The van der Waals surface area contributed by atoms with E-state index in [1.165, 1.54) is 5.56 Å². The molecule has 5 nitrogen and oxygen atoms in total. The van der Waals surface area contributed by atoms with E-state index < -0.39 is 12.1 Å². The highest BCUT2D eigenvalue weighted by molar-refractivity contribution is 5.81. The van der Waals surface area contributed by atoms with E-state index in [2.05, 4.69) is 26.1 Å². The van der Waals surface area contributed by atoms with Gasteiger partial charge in [-0.15, -0.1) is 0 Å². The Morgan fingerprint density at radius 2 is 1.78 bits per heavy atom. The van der Waals surface area contributed by atoms with Crippen LogP contribution in [-0.2, 0) is 19.7 Å². The molecule has 0 saturated carbocycles. The van der Waals surface area contributed by atoms with Gasteiger partial charge < -0.3 is 14.8 Å². The molecule has 1 rings (SSSR count). The molecule has 5 heteroatoms. The Morgan fingerprint density at radius 3 is 2.30 bits per heavy atom. The zero-order valence-electron chi connectivity index (χ0n) is 14.6. The second-order valence-electron chi connectivity index (χ2n) is 6.49. The minimum Gasteiger partial charge on any atom is -0.479 e. The molecule has 0 bridgehead atoms. The van der Waals surface area contributed by atoms with Crippen molar-refractivity contribution in [2.45, 2.75) is 52.6 Å². The monoisotopic (exact) mass is 321 g/mol. The Balaban J connectivity index is 2.47. The summed E-state index contributed by atoms with van der Waals surface area (Å²) in [5.74, 6) is -0.267. The maximum atomic E-state index is 11.8. The van der Waals surface area contributed by atoms with Gasteiger partial charge in [0.15, 0.2) is 12.7 Å². The Labute approximate surface area is 138 Å². The van der Waals surface area contributed by atoms with Gasteiger partial charge in [-0.3, -0.25) is 4.79 Å². The van der Waals surface area contributed by atoms with E-state index in [0.717, 1.165) is 6.42 Å². The average Bonchev–Trinajstić information content (AvgIpc) is 2.50. The Kier molecular flexibility index (Phi) is 7.07. The fourth-order valence-electron chi connectivity index (χ4n) is 1.86. The van der Waals surface area contributed by atoms with Crippen molar-refractivity contribution in [1.29, 1.82) is 0 Å². The molecule has 0 aromatic heterocycles. The molecule has 0 unspecified atom stereocenters. The highest BCUT2D eigenvalue weighted by Gasteiger charge is 2.18. The lowest BCUT2D eigenvalue weighted by molar-refractivity contribution is -0.154. The molecule has 0 aliphatic heterocycles. The summed E-state index contributed by atoms with van der Waals surface area (Å²) in [4.78, 5) is 23.2. The molecule has 23 heavy (non-hydrogen) atoms. The molecule has 0 aliphatic carbocycles. The summed E-state index contributed by atoms with van der Waals surface area (Å²) in [5.41, 5.74) is 1.25. The summed E-state index contributed by atoms with van der Waals surface area (Å²) in [6.07, 6.45) is 0.0680. The standard InChI is InChI=1S/C18H27NO4/c1-6-11-19-16(20)12-22-17(21)13(2)23-15-9-7-14(8-10-15)18(3,4)5/h7-10,13H,6,11-12H2,1-5H3,(H,19,20)/t13-/m0/s1. The first-order valence-corrected chi connectivity index (χ1v) is 7.94. The van der Waals surface area contributed by atoms with Crippen LogP contribution in [0.2, 0.25) is 0 Å². The molecule has 0 heterocycles. The van der Waals surface area contributed by atoms with Crippen LogP contribution < -0.4 is 10.1 Å². The number of hydrogen-bond acceptors (Lipinski definition) is 4. The number of carbonyl (C=O) groups is 2. The molecule has 1 N–H and O–H groups in total. The van der Waals surface area contributed by atoms with E-state index in [0.29, 0.717) is 12.3 Å². The quantitative estimate of drug-likeness (QED) is 0.784. The van der Waals surface area contributed by atoms with E-state index in [1.807, 2.05) is 31.2 Å². The second kappa shape index (κ2) is 8.56. The number of esters is 1. The number of rotatable bonds is 7. The normalized spacial score (nSPS) is 12.4. The van der Waals surface area contributed by atoms with Gasteiger partial charge in [-0.25, -0.2) is 4.79 Å². The van der Waals surface area contributed by atoms with Crippen LogP contribution in [0.1, 0.15) is 46.6 Å². The molecular formula is C18H27NO4. The molecule has 0 aliphatic rings. The molecule has 0 spiro atoms. The van der Waals surface area contributed by atoms with Crippen LogP contribution in [0.4, 0.5) is 0 Å². The molecule has 1 amide bonds. The summed E-state index contributed by atoms with van der Waals surface area (Å²) in [5, 5.41) is 2.64. The topological polar surface area (TPSA) is 64.6 Å². The fraction of sp³-hybridized carbons (Fsp3) is 0.556. The number of carbonyl (C=O) groups excluding carboxylic acids is 2. The Hall–Kier alpha value is -2.04. The number of nitrogens with one attached hydrogen (secondary N) is 1. The SMILES string of the molecule is CCCNC(=O)COC(=O)[C@H](C)Oc1ccc(C(C)(C)C)cc1. The molecule has 1 aromatic rings. The Morgan fingerprint density at radius 1 is 1.17 bits per heavy atom. The van der Waals surface area contributed by atoms with E-state index in [-0.39, 0.29) is 17.9 Å². The van der Waals surface area contributed by atoms with Crippen molar-refractivity contribution >= 4 is 11.9 Å². The summed E-state index contributed by atoms with van der Waals surface area (Å²) >= 11 is 0. The smallest absolute Gasteiger partial charge is 0.347 e. The molecule has 0 saturated heterocycles. The molecular weight excluding hydrogens is 294 g/mol. The first-order chi connectivity index (χ1) is 10.7. The number of amides is 1. The van der Waals surface area contributed by atoms with Gasteiger partial charge in [-0.2, -0.15) is 0 Å². The number of hydrogen-bond donors (Lipinski definition) is 1. The van der Waals surface area contributed by atoms with Crippen molar-refractivity contribution in [3.8, 4) is 5.75 Å². The predicted molar refractivity (Wildman–Crippen MR) is 89.5 cm³/mol. The fourth-order valence-corrected chi connectivity index (χ4v) is 1.86. The minimum absolute atomic E-state index is 0.0644. The summed E-state index contributed by atoms with van der Waals surface area (Å²) in [6.45, 7) is 10.2. The molecule has 0 fully saturated rings. The molecule has 1 aromatic carbocycles. The maximum Gasteiger partial charge on any atom is 0.347 e. The van der Waals surface area contributed by atoms with Gasteiger partial charge in [-0.05, 0) is 36.5 Å². The van der Waals surface area contributed by atoms with Crippen LogP contribution in [0.5, 0.6) is 5.75 Å². The van der Waals surface area contributed by atoms with E-state index in [4.69, 9.17) is 9.47 Å². The van der Waals surface area contributed by atoms with E-state index in [9.17, 15) is 9.59 Å². The third-order valence-electron chi connectivity index (χ3n) is 3.28. The van der Waals surface area contributed by atoms with Gasteiger partial charge in [-0.1, -0.05) is 39.8 Å². The van der Waals surface area contributed by atoms with Gasteiger partial charge in [0.05, 0.1) is 0 Å². The van der Waals surface area contributed by atoms with Crippen LogP contribution in [0.15, 0.2) is 24.3 Å². The van der Waals surface area contributed by atoms with Crippen LogP contribution in [0, 0.1) is 0 Å². The second-order valence-corrected chi connectivity index (χ2v) is 6.49. The van der Waals surface area contributed by atoms with Crippen molar-refractivity contribution in [2.75, 3.05) is 13.2 Å². The van der Waals surface area contributed by atoms with Gasteiger partial charge in [0, 0.05) is 6.54 Å². The van der Waals surface area contributed by atoms with Crippen LogP contribution in [-0.4, -0.2) is 31.1 Å². The van der Waals surface area contributed by atoms with Crippen LogP contribution in [0.3, 0.4) is 0 Å². The van der Waals surface area contributed by atoms with Crippen molar-refractivity contribution in [2.24, 2.45) is 0 Å². The van der Waals surface area contributed by atoms with Gasteiger partial charge in [0.25, 0.3) is 5.91 Å². The molecule has 128 valence electrons. The minimum atomic E-state index is -0.769. The van der Waals surface area contributed by atoms with Crippen molar-refractivity contribution < 1.29 is 19.1 Å². The first-order valence-electron chi connectivity index (χ1n) is 7.94. The largest absolute Gasteiger partial charge is 0.479 e. The highest BCUT2D eigenvalue weighted by Crippen LogP contribution is 2.24. The van der Waals surface area contributed by atoms with Crippen LogP contribution in [0.25, 0.3) is 0 Å². The predicted octanol–water partition coefficient (Wildman–Crippen LogP) is 2.82. The number of ether oxygens (including phenoxy) is 2. The van der Waals surface area contributed by atoms with E-state index in [1.54, 1.807) is 6.92 Å². The van der Waals surface area contributed by atoms with Gasteiger partial charge >= 0.3 is 5.97 Å². The lowest BCUT2D eigenvalue weighted by Crippen LogP contribution is -2.33.